The summed E-state index contributed by atoms with van der Waals surface area (Å²) in [6, 6.07) is 10.8. The Bertz CT molecular complexity index is 951. The zero-order valence-electron chi connectivity index (χ0n) is 11.5. The van der Waals surface area contributed by atoms with Gasteiger partial charge < -0.3 is 9.05 Å². The second-order valence-corrected chi connectivity index (χ2v) is 4.97. The fraction of sp³-hybridized carbons (Fsp3) is 0. The lowest BCUT2D eigenvalue weighted by atomic mass is 10.2. The van der Waals surface area contributed by atoms with Crippen molar-refractivity contribution in [2.75, 3.05) is 0 Å². The standard InChI is InChI=1S/C15H8ClN5O2/c16-11-4-2-1-3-10(11)13-19-15(23-21-13)14-18-12(20-22-14)9-5-7-17-8-6-9/h1-8H. The topological polar surface area (TPSA) is 90.7 Å². The predicted molar refractivity (Wildman–Crippen MR) is 81.3 cm³/mol. The number of hydrogen-bond donors (Lipinski definition) is 0. The number of aromatic nitrogens is 5. The molecule has 0 saturated carbocycles. The maximum absolute atomic E-state index is 6.12. The van der Waals surface area contributed by atoms with Crippen molar-refractivity contribution in [2.24, 2.45) is 0 Å². The van der Waals surface area contributed by atoms with Gasteiger partial charge in [-0.3, -0.25) is 4.98 Å². The van der Waals surface area contributed by atoms with Crippen molar-refractivity contribution in [1.29, 1.82) is 0 Å². The Kier molecular flexibility index (Phi) is 3.32. The normalized spacial score (nSPS) is 10.8. The summed E-state index contributed by atoms with van der Waals surface area (Å²) in [7, 11) is 0. The summed E-state index contributed by atoms with van der Waals surface area (Å²) in [6.07, 6.45) is 3.29. The molecule has 7 nitrogen and oxygen atoms in total. The molecule has 3 heterocycles. The molecule has 0 spiro atoms. The molecule has 1 aromatic carbocycles. The van der Waals surface area contributed by atoms with Gasteiger partial charge >= 0.3 is 11.8 Å². The van der Waals surface area contributed by atoms with E-state index in [9.17, 15) is 0 Å². The molecule has 0 unspecified atom stereocenters. The summed E-state index contributed by atoms with van der Waals surface area (Å²) in [5.41, 5.74) is 1.44. The van der Waals surface area contributed by atoms with E-state index in [1.54, 1.807) is 36.7 Å². The molecule has 4 aromatic rings. The van der Waals surface area contributed by atoms with Crippen LogP contribution in [-0.4, -0.2) is 25.3 Å². The highest BCUT2D eigenvalue weighted by molar-refractivity contribution is 6.33. The van der Waals surface area contributed by atoms with Crippen molar-refractivity contribution in [2.45, 2.75) is 0 Å². The Morgan fingerprint density at radius 2 is 1.43 bits per heavy atom. The van der Waals surface area contributed by atoms with Crippen LogP contribution in [0.2, 0.25) is 5.02 Å². The zero-order valence-corrected chi connectivity index (χ0v) is 12.3. The number of nitrogens with zero attached hydrogens (tertiary/aromatic N) is 5. The highest BCUT2D eigenvalue weighted by atomic mass is 35.5. The molecule has 0 radical (unpaired) electrons. The fourth-order valence-corrected chi connectivity index (χ4v) is 2.21. The second kappa shape index (κ2) is 5.62. The lowest BCUT2D eigenvalue weighted by Gasteiger charge is -1.95. The molecule has 0 bridgehead atoms. The molecular weight excluding hydrogens is 318 g/mol. The molecule has 0 amide bonds. The predicted octanol–water partition coefficient (Wildman–Crippen LogP) is 3.50. The molecular formula is C15H8ClN5O2. The van der Waals surface area contributed by atoms with Crippen molar-refractivity contribution in [3.05, 3.63) is 53.8 Å². The van der Waals surface area contributed by atoms with E-state index in [1.165, 1.54) is 0 Å². The van der Waals surface area contributed by atoms with Crippen molar-refractivity contribution in [3.8, 4) is 34.6 Å². The maximum Gasteiger partial charge on any atom is 0.316 e. The van der Waals surface area contributed by atoms with E-state index in [-0.39, 0.29) is 11.8 Å². The van der Waals surface area contributed by atoms with Gasteiger partial charge in [-0.1, -0.05) is 34.0 Å². The van der Waals surface area contributed by atoms with E-state index in [2.05, 4.69) is 25.3 Å². The highest BCUT2D eigenvalue weighted by Gasteiger charge is 2.18. The Balaban J connectivity index is 1.68. The van der Waals surface area contributed by atoms with Crippen LogP contribution in [0.1, 0.15) is 0 Å². The first-order valence-corrected chi connectivity index (χ1v) is 7.02. The largest absolute Gasteiger partial charge is 0.328 e. The van der Waals surface area contributed by atoms with E-state index < -0.39 is 0 Å². The van der Waals surface area contributed by atoms with Crippen LogP contribution < -0.4 is 0 Å². The smallest absolute Gasteiger partial charge is 0.316 e. The third kappa shape index (κ3) is 2.58. The Hall–Kier alpha value is -3.06. The molecule has 0 aliphatic carbocycles. The summed E-state index contributed by atoms with van der Waals surface area (Å²) in [4.78, 5) is 12.4. The van der Waals surface area contributed by atoms with E-state index in [4.69, 9.17) is 20.6 Å². The first kappa shape index (κ1) is 13.6. The second-order valence-electron chi connectivity index (χ2n) is 4.56. The lowest BCUT2D eigenvalue weighted by molar-refractivity contribution is 0.383. The Morgan fingerprint density at radius 1 is 0.783 bits per heavy atom. The molecule has 4 rings (SSSR count). The fourth-order valence-electron chi connectivity index (χ4n) is 1.99. The van der Waals surface area contributed by atoms with Gasteiger partial charge in [-0.05, 0) is 24.3 Å². The minimum absolute atomic E-state index is 0.132. The summed E-state index contributed by atoms with van der Waals surface area (Å²) in [6.45, 7) is 0. The van der Waals surface area contributed by atoms with Gasteiger partial charge in [-0.2, -0.15) is 9.97 Å². The van der Waals surface area contributed by atoms with Crippen molar-refractivity contribution in [3.63, 3.8) is 0 Å². The monoisotopic (exact) mass is 325 g/mol. The zero-order chi connectivity index (χ0) is 15.6. The van der Waals surface area contributed by atoms with Gasteiger partial charge in [-0.15, -0.1) is 0 Å². The third-order valence-corrected chi connectivity index (χ3v) is 3.42. The number of rotatable bonds is 3. The first-order chi connectivity index (χ1) is 11.3. The molecule has 0 atom stereocenters. The van der Waals surface area contributed by atoms with E-state index in [1.807, 2.05) is 12.1 Å². The maximum atomic E-state index is 6.12. The molecule has 0 aliphatic rings. The van der Waals surface area contributed by atoms with Crippen LogP contribution >= 0.6 is 11.6 Å². The molecule has 8 heteroatoms. The molecule has 23 heavy (non-hydrogen) atoms. The van der Waals surface area contributed by atoms with E-state index in [0.29, 0.717) is 22.2 Å². The van der Waals surface area contributed by atoms with Crippen molar-refractivity contribution < 1.29 is 9.05 Å². The Morgan fingerprint density at radius 3 is 2.17 bits per heavy atom. The van der Waals surface area contributed by atoms with Crippen LogP contribution in [0, 0.1) is 0 Å². The third-order valence-electron chi connectivity index (χ3n) is 3.09. The summed E-state index contributed by atoms with van der Waals surface area (Å²) < 4.78 is 10.4. The Labute approximate surface area is 134 Å². The minimum Gasteiger partial charge on any atom is -0.328 e. The molecule has 0 aliphatic heterocycles. The molecule has 0 N–H and O–H groups in total. The van der Waals surface area contributed by atoms with Gasteiger partial charge in [0.15, 0.2) is 0 Å². The van der Waals surface area contributed by atoms with Gasteiger partial charge in [0.25, 0.3) is 0 Å². The minimum atomic E-state index is 0.132. The van der Waals surface area contributed by atoms with Crippen LogP contribution in [0.4, 0.5) is 0 Å². The summed E-state index contributed by atoms with van der Waals surface area (Å²) in [5, 5.41) is 8.32. The number of hydrogen-bond acceptors (Lipinski definition) is 7. The van der Waals surface area contributed by atoms with E-state index in [0.717, 1.165) is 5.56 Å². The van der Waals surface area contributed by atoms with Gasteiger partial charge in [-0.25, -0.2) is 0 Å². The number of benzene rings is 1. The van der Waals surface area contributed by atoms with Crippen LogP contribution in [-0.2, 0) is 0 Å². The quantitative estimate of drug-likeness (QED) is 0.569. The van der Waals surface area contributed by atoms with E-state index >= 15 is 0 Å². The van der Waals surface area contributed by atoms with Gasteiger partial charge in [0.1, 0.15) is 0 Å². The van der Waals surface area contributed by atoms with Crippen LogP contribution in [0.5, 0.6) is 0 Å². The first-order valence-electron chi connectivity index (χ1n) is 6.64. The van der Waals surface area contributed by atoms with Crippen LogP contribution in [0.25, 0.3) is 34.6 Å². The molecule has 3 aromatic heterocycles. The molecule has 112 valence electrons. The molecule has 0 fully saturated rings. The SMILES string of the molecule is Clc1ccccc1-c1noc(-c2nc(-c3ccncc3)no2)n1. The van der Waals surface area contributed by atoms with Gasteiger partial charge in [0.05, 0.1) is 5.02 Å². The number of pyridine rings is 1. The number of halogens is 1. The van der Waals surface area contributed by atoms with Crippen molar-refractivity contribution >= 4 is 11.6 Å². The van der Waals surface area contributed by atoms with Gasteiger partial charge in [0.2, 0.25) is 11.6 Å². The summed E-state index contributed by atoms with van der Waals surface area (Å²) in [5.74, 6) is 1.05. The lowest BCUT2D eigenvalue weighted by Crippen LogP contribution is -1.83. The summed E-state index contributed by atoms with van der Waals surface area (Å²) >= 11 is 6.12. The average molecular weight is 326 g/mol. The highest BCUT2D eigenvalue weighted by Crippen LogP contribution is 2.27. The van der Waals surface area contributed by atoms with Crippen LogP contribution in [0.3, 0.4) is 0 Å². The average Bonchev–Trinajstić information content (AvgIpc) is 3.25. The van der Waals surface area contributed by atoms with Crippen LogP contribution in [0.15, 0.2) is 57.8 Å². The van der Waals surface area contributed by atoms with Gasteiger partial charge in [0, 0.05) is 23.5 Å². The van der Waals surface area contributed by atoms with Crippen molar-refractivity contribution in [1.82, 2.24) is 25.3 Å². The molecule has 0 saturated heterocycles.